The van der Waals surface area contributed by atoms with Crippen molar-refractivity contribution in [3.8, 4) is 0 Å². The number of nitrogens with zero attached hydrogens (tertiary/aromatic N) is 1. The Kier molecular flexibility index (Phi) is 3.05. The van der Waals surface area contributed by atoms with Crippen LogP contribution in [0.15, 0.2) is 18.3 Å². The number of ether oxygens (including phenoxy) is 1. The van der Waals surface area contributed by atoms with Crippen LogP contribution < -0.4 is 5.32 Å². The predicted molar refractivity (Wildman–Crippen MR) is 66.1 cm³/mol. The van der Waals surface area contributed by atoms with Crippen molar-refractivity contribution in [2.75, 3.05) is 5.32 Å². The van der Waals surface area contributed by atoms with Gasteiger partial charge in [-0.1, -0.05) is 0 Å². The molecule has 0 radical (unpaired) electrons. The van der Waals surface area contributed by atoms with E-state index in [1.165, 1.54) is 12.8 Å². The van der Waals surface area contributed by atoms with Crippen LogP contribution in [0.4, 0.5) is 5.82 Å². The van der Waals surface area contributed by atoms with Crippen LogP contribution in [0, 0.1) is 0 Å². The Bertz CT molecular complexity index is 402. The smallest absolute Gasteiger partial charge is 0.340 e. The second kappa shape index (κ2) is 4.35. The molecular formula is C13H18N2O2. The van der Waals surface area contributed by atoms with Gasteiger partial charge in [0.2, 0.25) is 0 Å². The van der Waals surface area contributed by atoms with E-state index in [4.69, 9.17) is 4.74 Å². The molecule has 1 N–H and O–H groups in total. The molecular weight excluding hydrogens is 216 g/mol. The van der Waals surface area contributed by atoms with Crippen molar-refractivity contribution < 1.29 is 9.53 Å². The van der Waals surface area contributed by atoms with Crippen molar-refractivity contribution >= 4 is 11.8 Å². The van der Waals surface area contributed by atoms with Gasteiger partial charge in [0.1, 0.15) is 11.4 Å². The fourth-order valence-corrected chi connectivity index (χ4v) is 1.37. The highest BCUT2D eigenvalue weighted by Gasteiger charge is 2.22. The highest BCUT2D eigenvalue weighted by Crippen LogP contribution is 2.23. The first-order valence-electron chi connectivity index (χ1n) is 5.90. The number of rotatable bonds is 3. The van der Waals surface area contributed by atoms with Crippen molar-refractivity contribution in [2.24, 2.45) is 0 Å². The number of aromatic nitrogens is 1. The predicted octanol–water partition coefficient (Wildman–Crippen LogP) is 2.61. The first-order chi connectivity index (χ1) is 7.94. The van der Waals surface area contributed by atoms with Gasteiger partial charge >= 0.3 is 5.97 Å². The average Bonchev–Trinajstić information content (AvgIpc) is 3.00. The van der Waals surface area contributed by atoms with Gasteiger partial charge in [0.25, 0.3) is 0 Å². The SMILES string of the molecule is CC(C)(C)OC(=O)c1ccc(NC2CC2)nc1. The second-order valence-corrected chi connectivity index (χ2v) is 5.35. The van der Waals surface area contributed by atoms with Gasteiger partial charge in [0, 0.05) is 12.2 Å². The Morgan fingerprint density at radius 3 is 2.59 bits per heavy atom. The van der Waals surface area contributed by atoms with E-state index in [2.05, 4.69) is 10.3 Å². The Morgan fingerprint density at radius 1 is 1.41 bits per heavy atom. The number of esters is 1. The molecule has 0 aromatic carbocycles. The minimum atomic E-state index is -0.470. The van der Waals surface area contributed by atoms with Gasteiger partial charge in [0.05, 0.1) is 5.56 Å². The summed E-state index contributed by atoms with van der Waals surface area (Å²) in [6, 6.07) is 4.12. The third-order valence-corrected chi connectivity index (χ3v) is 2.33. The largest absolute Gasteiger partial charge is 0.456 e. The lowest BCUT2D eigenvalue weighted by atomic mass is 10.2. The standard InChI is InChI=1S/C13H18N2O2/c1-13(2,3)17-12(16)9-4-7-11(14-8-9)15-10-5-6-10/h4,7-8,10H,5-6H2,1-3H3,(H,14,15). The van der Waals surface area contributed by atoms with Crippen LogP contribution >= 0.6 is 0 Å². The van der Waals surface area contributed by atoms with Gasteiger partial charge in [0.15, 0.2) is 0 Å². The van der Waals surface area contributed by atoms with Crippen molar-refractivity contribution in [1.29, 1.82) is 0 Å². The molecule has 0 amide bonds. The highest BCUT2D eigenvalue weighted by atomic mass is 16.6. The first kappa shape index (κ1) is 11.9. The molecule has 4 heteroatoms. The molecule has 92 valence electrons. The number of carbonyl (C=O) groups excluding carboxylic acids is 1. The molecule has 1 heterocycles. The van der Waals surface area contributed by atoms with E-state index in [1.807, 2.05) is 26.8 Å². The molecule has 1 aromatic rings. The average molecular weight is 234 g/mol. The number of hydrogen-bond donors (Lipinski definition) is 1. The van der Waals surface area contributed by atoms with E-state index in [9.17, 15) is 4.79 Å². The first-order valence-corrected chi connectivity index (χ1v) is 5.90. The summed E-state index contributed by atoms with van der Waals surface area (Å²) in [4.78, 5) is 15.9. The van der Waals surface area contributed by atoms with Crippen LogP contribution in [0.1, 0.15) is 44.0 Å². The summed E-state index contributed by atoms with van der Waals surface area (Å²) < 4.78 is 5.26. The topological polar surface area (TPSA) is 51.2 Å². The highest BCUT2D eigenvalue weighted by molar-refractivity contribution is 5.89. The van der Waals surface area contributed by atoms with Crippen molar-refractivity contribution in [3.05, 3.63) is 23.9 Å². The summed E-state index contributed by atoms with van der Waals surface area (Å²) in [6.45, 7) is 5.55. The maximum absolute atomic E-state index is 11.7. The molecule has 2 rings (SSSR count). The number of anilines is 1. The fraction of sp³-hybridized carbons (Fsp3) is 0.538. The Balaban J connectivity index is 1.98. The molecule has 1 aliphatic rings. The zero-order valence-corrected chi connectivity index (χ0v) is 10.5. The van der Waals surface area contributed by atoms with Crippen molar-refractivity contribution in [1.82, 2.24) is 4.98 Å². The van der Waals surface area contributed by atoms with Crippen LogP contribution in [0.3, 0.4) is 0 Å². The van der Waals surface area contributed by atoms with E-state index in [0.29, 0.717) is 11.6 Å². The molecule has 0 bridgehead atoms. The van der Waals surface area contributed by atoms with E-state index in [-0.39, 0.29) is 5.97 Å². The van der Waals surface area contributed by atoms with Crippen LogP contribution in [0.5, 0.6) is 0 Å². The number of nitrogens with one attached hydrogen (secondary N) is 1. The van der Waals surface area contributed by atoms with Crippen molar-refractivity contribution in [2.45, 2.75) is 45.3 Å². The molecule has 1 aliphatic carbocycles. The molecule has 4 nitrogen and oxygen atoms in total. The van der Waals surface area contributed by atoms with Gasteiger partial charge in [-0.2, -0.15) is 0 Å². The molecule has 0 unspecified atom stereocenters. The summed E-state index contributed by atoms with van der Waals surface area (Å²) in [7, 11) is 0. The molecule has 0 saturated heterocycles. The third-order valence-electron chi connectivity index (χ3n) is 2.33. The van der Waals surface area contributed by atoms with Crippen LogP contribution in [-0.2, 0) is 4.74 Å². The molecule has 0 aliphatic heterocycles. The van der Waals surface area contributed by atoms with Crippen LogP contribution in [0.25, 0.3) is 0 Å². The molecule has 0 atom stereocenters. The minimum Gasteiger partial charge on any atom is -0.456 e. The van der Waals surface area contributed by atoms with E-state index < -0.39 is 5.60 Å². The number of pyridine rings is 1. The van der Waals surface area contributed by atoms with Crippen LogP contribution in [0.2, 0.25) is 0 Å². The zero-order chi connectivity index (χ0) is 12.5. The monoisotopic (exact) mass is 234 g/mol. The van der Waals surface area contributed by atoms with Crippen LogP contribution in [-0.4, -0.2) is 22.6 Å². The van der Waals surface area contributed by atoms with Gasteiger partial charge in [-0.15, -0.1) is 0 Å². The maximum atomic E-state index is 11.7. The summed E-state index contributed by atoms with van der Waals surface area (Å²) in [6.07, 6.45) is 3.96. The van der Waals surface area contributed by atoms with Crippen molar-refractivity contribution in [3.63, 3.8) is 0 Å². The zero-order valence-electron chi connectivity index (χ0n) is 10.5. The number of hydrogen-bond acceptors (Lipinski definition) is 4. The van der Waals surface area contributed by atoms with Gasteiger partial charge < -0.3 is 10.1 Å². The molecule has 0 spiro atoms. The van der Waals surface area contributed by atoms with E-state index in [0.717, 1.165) is 5.82 Å². The summed E-state index contributed by atoms with van der Waals surface area (Å²) in [5.74, 6) is 0.489. The third kappa shape index (κ3) is 3.73. The Morgan fingerprint density at radius 2 is 2.12 bits per heavy atom. The summed E-state index contributed by atoms with van der Waals surface area (Å²) >= 11 is 0. The van der Waals surface area contributed by atoms with Gasteiger partial charge in [-0.3, -0.25) is 0 Å². The minimum absolute atomic E-state index is 0.331. The number of carbonyl (C=O) groups is 1. The lowest BCUT2D eigenvalue weighted by Crippen LogP contribution is -2.24. The normalized spacial score (nSPS) is 15.5. The lowest BCUT2D eigenvalue weighted by molar-refractivity contribution is 0.00691. The maximum Gasteiger partial charge on any atom is 0.340 e. The molecule has 1 saturated carbocycles. The molecule has 17 heavy (non-hydrogen) atoms. The van der Waals surface area contributed by atoms with E-state index in [1.54, 1.807) is 12.3 Å². The second-order valence-electron chi connectivity index (χ2n) is 5.35. The summed E-state index contributed by atoms with van der Waals surface area (Å²) in [5, 5.41) is 3.27. The van der Waals surface area contributed by atoms with Gasteiger partial charge in [-0.25, -0.2) is 9.78 Å². The molecule has 1 aromatic heterocycles. The summed E-state index contributed by atoms with van der Waals surface area (Å²) in [5.41, 5.74) is 0.0171. The Labute approximate surface area is 101 Å². The van der Waals surface area contributed by atoms with Gasteiger partial charge in [-0.05, 0) is 45.7 Å². The fourth-order valence-electron chi connectivity index (χ4n) is 1.37. The quantitative estimate of drug-likeness (QED) is 0.817. The molecule has 1 fully saturated rings. The van der Waals surface area contributed by atoms with E-state index >= 15 is 0 Å². The Hall–Kier alpha value is -1.58. The lowest BCUT2D eigenvalue weighted by Gasteiger charge is -2.19.